The molecule has 3 amide bonds. The highest BCUT2D eigenvalue weighted by Gasteiger charge is 2.32. The van der Waals surface area contributed by atoms with Crippen LogP contribution in [0.1, 0.15) is 82.9 Å². The summed E-state index contributed by atoms with van der Waals surface area (Å²) in [7, 11) is 0. The number of hydrogen-bond donors (Lipinski definition) is 3. The molecule has 0 aliphatic heterocycles. The SMILES string of the molecule is CCOC(=O)[C@H](CC(C)C(=O)NC(C)c1ccccc1)NC(=O)C(CC1CCCCC1)NC(=O)OCc1cccc(Cl)c1. The fourth-order valence-electron chi connectivity index (χ4n) is 5.32. The number of halogens is 1. The molecule has 0 bridgehead atoms. The molecule has 9 nitrogen and oxygen atoms in total. The summed E-state index contributed by atoms with van der Waals surface area (Å²) in [6.45, 7) is 5.38. The lowest BCUT2D eigenvalue weighted by Gasteiger charge is -2.28. The quantitative estimate of drug-likeness (QED) is 0.230. The van der Waals surface area contributed by atoms with Gasteiger partial charge in [0.25, 0.3) is 0 Å². The second kappa shape index (κ2) is 17.5. The van der Waals surface area contributed by atoms with E-state index < -0.39 is 36.0 Å². The molecule has 3 rings (SSSR count). The van der Waals surface area contributed by atoms with Gasteiger partial charge in [0, 0.05) is 10.9 Å². The Balaban J connectivity index is 1.67. The number of ether oxygens (including phenoxy) is 2. The van der Waals surface area contributed by atoms with E-state index in [0.717, 1.165) is 37.7 Å². The van der Waals surface area contributed by atoms with Gasteiger partial charge < -0.3 is 25.4 Å². The van der Waals surface area contributed by atoms with Crippen LogP contribution in [-0.2, 0) is 30.5 Å². The van der Waals surface area contributed by atoms with Crippen molar-refractivity contribution in [1.82, 2.24) is 16.0 Å². The van der Waals surface area contributed by atoms with Crippen LogP contribution < -0.4 is 16.0 Å². The average Bonchev–Trinajstić information content (AvgIpc) is 3.00. The molecule has 1 aliphatic rings. The smallest absolute Gasteiger partial charge is 0.408 e. The minimum absolute atomic E-state index is 0.0103. The second-order valence-electron chi connectivity index (χ2n) is 11.2. The zero-order valence-electron chi connectivity index (χ0n) is 25.3. The average molecular weight is 614 g/mol. The van der Waals surface area contributed by atoms with Crippen LogP contribution in [0.2, 0.25) is 5.02 Å². The van der Waals surface area contributed by atoms with Crippen molar-refractivity contribution in [3.05, 3.63) is 70.7 Å². The van der Waals surface area contributed by atoms with Gasteiger partial charge in [0.15, 0.2) is 0 Å². The van der Waals surface area contributed by atoms with E-state index in [0.29, 0.717) is 17.0 Å². The van der Waals surface area contributed by atoms with Gasteiger partial charge in [-0.15, -0.1) is 0 Å². The van der Waals surface area contributed by atoms with Crippen molar-refractivity contribution in [3.63, 3.8) is 0 Å². The Morgan fingerprint density at radius 2 is 1.58 bits per heavy atom. The predicted molar refractivity (Wildman–Crippen MR) is 165 cm³/mol. The molecule has 43 heavy (non-hydrogen) atoms. The topological polar surface area (TPSA) is 123 Å². The van der Waals surface area contributed by atoms with Crippen LogP contribution in [0, 0.1) is 11.8 Å². The number of amides is 3. The van der Waals surface area contributed by atoms with Gasteiger partial charge in [-0.3, -0.25) is 9.59 Å². The van der Waals surface area contributed by atoms with Gasteiger partial charge in [-0.1, -0.05) is 93.1 Å². The van der Waals surface area contributed by atoms with Crippen molar-refractivity contribution in [2.75, 3.05) is 6.61 Å². The van der Waals surface area contributed by atoms with Crippen LogP contribution in [-0.4, -0.2) is 42.6 Å². The van der Waals surface area contributed by atoms with Crippen molar-refractivity contribution in [3.8, 4) is 0 Å². The molecule has 2 aromatic carbocycles. The molecule has 234 valence electrons. The maximum absolute atomic E-state index is 13.6. The summed E-state index contributed by atoms with van der Waals surface area (Å²) in [5, 5.41) is 8.98. The minimum Gasteiger partial charge on any atom is -0.464 e. The van der Waals surface area contributed by atoms with E-state index in [1.54, 1.807) is 38.1 Å². The lowest BCUT2D eigenvalue weighted by atomic mass is 9.84. The molecule has 1 fully saturated rings. The van der Waals surface area contributed by atoms with Gasteiger partial charge in [-0.05, 0) is 55.9 Å². The number of rotatable bonds is 14. The number of hydrogen-bond acceptors (Lipinski definition) is 6. The van der Waals surface area contributed by atoms with Crippen LogP contribution in [0.5, 0.6) is 0 Å². The molecule has 1 saturated carbocycles. The first kappa shape index (κ1) is 33.9. The summed E-state index contributed by atoms with van der Waals surface area (Å²) < 4.78 is 10.6. The first-order valence-corrected chi connectivity index (χ1v) is 15.5. The lowest BCUT2D eigenvalue weighted by Crippen LogP contribution is -2.53. The van der Waals surface area contributed by atoms with E-state index >= 15 is 0 Å². The molecule has 2 aromatic rings. The van der Waals surface area contributed by atoms with Gasteiger partial charge in [-0.25, -0.2) is 9.59 Å². The minimum atomic E-state index is -1.07. The highest BCUT2D eigenvalue weighted by atomic mass is 35.5. The summed E-state index contributed by atoms with van der Waals surface area (Å²) in [6, 6.07) is 14.3. The van der Waals surface area contributed by atoms with Crippen molar-refractivity contribution in [1.29, 1.82) is 0 Å². The summed E-state index contributed by atoms with van der Waals surface area (Å²) in [4.78, 5) is 52.3. The first-order valence-electron chi connectivity index (χ1n) is 15.2. The predicted octanol–water partition coefficient (Wildman–Crippen LogP) is 5.86. The van der Waals surface area contributed by atoms with Crippen molar-refractivity contribution in [2.24, 2.45) is 11.8 Å². The molecule has 0 radical (unpaired) electrons. The fraction of sp³-hybridized carbons (Fsp3) is 0.515. The first-order chi connectivity index (χ1) is 20.7. The van der Waals surface area contributed by atoms with Gasteiger partial charge in [0.05, 0.1) is 12.6 Å². The third-order valence-corrected chi connectivity index (χ3v) is 7.98. The Morgan fingerprint density at radius 1 is 0.860 bits per heavy atom. The fourth-order valence-corrected chi connectivity index (χ4v) is 5.53. The Kier molecular flexibility index (Phi) is 13.8. The van der Waals surface area contributed by atoms with Gasteiger partial charge in [0.2, 0.25) is 11.8 Å². The summed E-state index contributed by atoms with van der Waals surface area (Å²) >= 11 is 6.03. The summed E-state index contributed by atoms with van der Waals surface area (Å²) in [5.41, 5.74) is 1.67. The Bertz CT molecular complexity index is 1200. The van der Waals surface area contributed by atoms with E-state index in [9.17, 15) is 19.2 Å². The molecule has 1 aliphatic carbocycles. The molecule has 4 atom stereocenters. The zero-order valence-corrected chi connectivity index (χ0v) is 26.0. The van der Waals surface area contributed by atoms with Gasteiger partial charge in [0.1, 0.15) is 18.7 Å². The maximum Gasteiger partial charge on any atom is 0.408 e. The number of benzene rings is 2. The molecule has 0 saturated heterocycles. The standard InChI is InChI=1S/C33H44ClN3O6/c1-4-42-32(40)29(18-22(2)30(38)35-23(3)26-15-9-6-10-16-26)36-31(39)28(20-24-12-7-5-8-13-24)37-33(41)43-21-25-14-11-17-27(34)19-25/h6,9-11,14-17,19,22-24,28-29H,4-5,7-8,12-13,18,20-21H2,1-3H3,(H,35,38)(H,36,39)(H,37,41)/t22?,23?,28?,29-/m0/s1. The monoisotopic (exact) mass is 613 g/mol. The summed E-state index contributed by atoms with van der Waals surface area (Å²) in [5.74, 6) is -1.75. The number of carbonyl (C=O) groups excluding carboxylic acids is 4. The van der Waals surface area contributed by atoms with Crippen molar-refractivity contribution < 1.29 is 28.7 Å². The van der Waals surface area contributed by atoms with E-state index in [-0.39, 0.29) is 37.5 Å². The van der Waals surface area contributed by atoms with Crippen molar-refractivity contribution in [2.45, 2.75) is 90.4 Å². The molecule has 3 N–H and O–H groups in total. The number of nitrogens with one attached hydrogen (secondary N) is 3. The third kappa shape index (κ3) is 11.5. The van der Waals surface area contributed by atoms with E-state index in [2.05, 4.69) is 16.0 Å². The van der Waals surface area contributed by atoms with Crippen LogP contribution in [0.4, 0.5) is 4.79 Å². The molecular weight excluding hydrogens is 570 g/mol. The number of carbonyl (C=O) groups is 4. The normalized spacial score (nSPS) is 16.2. The molecule has 0 heterocycles. The third-order valence-electron chi connectivity index (χ3n) is 7.74. The zero-order chi connectivity index (χ0) is 31.2. The molecule has 0 aromatic heterocycles. The molecule has 3 unspecified atom stereocenters. The summed E-state index contributed by atoms with van der Waals surface area (Å²) in [6.07, 6.45) is 4.91. The highest BCUT2D eigenvalue weighted by Crippen LogP contribution is 2.27. The Labute approximate surface area is 259 Å². The second-order valence-corrected chi connectivity index (χ2v) is 11.7. The van der Waals surface area contributed by atoms with Gasteiger partial charge in [-0.2, -0.15) is 0 Å². The van der Waals surface area contributed by atoms with Crippen LogP contribution in [0.25, 0.3) is 0 Å². The van der Waals surface area contributed by atoms with E-state index in [1.165, 1.54) is 0 Å². The lowest BCUT2D eigenvalue weighted by molar-refractivity contribution is -0.148. The van der Waals surface area contributed by atoms with Crippen LogP contribution in [0.3, 0.4) is 0 Å². The molecule has 10 heteroatoms. The number of esters is 1. The molecule has 0 spiro atoms. The number of alkyl carbamates (subject to hydrolysis) is 1. The van der Waals surface area contributed by atoms with E-state index in [4.69, 9.17) is 21.1 Å². The van der Waals surface area contributed by atoms with Crippen LogP contribution >= 0.6 is 11.6 Å². The maximum atomic E-state index is 13.6. The Morgan fingerprint density at radius 3 is 2.26 bits per heavy atom. The van der Waals surface area contributed by atoms with E-state index in [1.807, 2.05) is 37.3 Å². The van der Waals surface area contributed by atoms with Gasteiger partial charge >= 0.3 is 12.1 Å². The van der Waals surface area contributed by atoms with Crippen molar-refractivity contribution >= 4 is 35.5 Å². The van der Waals surface area contributed by atoms with Crippen LogP contribution in [0.15, 0.2) is 54.6 Å². The molecular formula is C33H44ClN3O6. The Hall–Kier alpha value is -3.59. The largest absolute Gasteiger partial charge is 0.464 e. The highest BCUT2D eigenvalue weighted by molar-refractivity contribution is 6.30.